The molecule has 0 saturated carbocycles. The van der Waals surface area contributed by atoms with Crippen LogP contribution in [0.1, 0.15) is 0 Å². The lowest BCUT2D eigenvalue weighted by atomic mass is 10.3. The third kappa shape index (κ3) is 4.09. The molecule has 0 radical (unpaired) electrons. The number of carbonyl (C=O) groups is 1. The Morgan fingerprint density at radius 1 is 1.35 bits per heavy atom. The molecule has 1 amide bonds. The van der Waals surface area contributed by atoms with E-state index in [0.29, 0.717) is 26.3 Å². The number of carbonyl (C=O) groups excluding carboxylic acids is 1. The fraction of sp³-hybridized carbons (Fsp3) is 0.417. The molecule has 0 spiro atoms. The predicted octanol–water partition coefficient (Wildman–Crippen LogP) is 0.852. The molecule has 0 bridgehead atoms. The Labute approximate surface area is 121 Å². The van der Waals surface area contributed by atoms with Gasteiger partial charge in [-0.05, 0) is 12.1 Å². The van der Waals surface area contributed by atoms with Crippen LogP contribution < -0.4 is 4.74 Å². The number of ether oxygens (including phenoxy) is 2. The van der Waals surface area contributed by atoms with Crippen molar-refractivity contribution in [3.8, 4) is 5.75 Å². The average Bonchev–Trinajstić information content (AvgIpc) is 2.45. The van der Waals surface area contributed by atoms with E-state index in [-0.39, 0.29) is 23.2 Å². The number of morpholine rings is 1. The van der Waals surface area contributed by atoms with Gasteiger partial charge in [-0.15, -0.1) is 0 Å². The second kappa shape index (κ2) is 6.43. The normalized spacial score (nSPS) is 15.9. The summed E-state index contributed by atoms with van der Waals surface area (Å²) < 4.78 is 32.8. The van der Waals surface area contributed by atoms with Gasteiger partial charge >= 0.3 is 0 Å². The van der Waals surface area contributed by atoms with Crippen molar-refractivity contribution in [2.45, 2.75) is 4.90 Å². The van der Waals surface area contributed by atoms with Gasteiger partial charge in [-0.25, -0.2) is 8.42 Å². The molecule has 1 aliphatic heterocycles. The minimum atomic E-state index is -3.80. The molecule has 1 aliphatic rings. The minimum Gasteiger partial charge on any atom is -0.484 e. The summed E-state index contributed by atoms with van der Waals surface area (Å²) in [6, 6.07) is 5.72. The second-order valence-electron chi connectivity index (χ2n) is 4.19. The molecule has 0 aliphatic carbocycles. The van der Waals surface area contributed by atoms with E-state index in [1.807, 2.05) is 0 Å². The van der Waals surface area contributed by atoms with Crippen molar-refractivity contribution in [2.75, 3.05) is 32.9 Å². The molecule has 0 atom stereocenters. The number of benzene rings is 1. The molecule has 1 fully saturated rings. The van der Waals surface area contributed by atoms with Crippen molar-refractivity contribution >= 4 is 25.6 Å². The number of halogens is 1. The summed E-state index contributed by atoms with van der Waals surface area (Å²) >= 11 is 0. The maximum atomic E-state index is 11.9. The van der Waals surface area contributed by atoms with Crippen molar-refractivity contribution in [2.24, 2.45) is 0 Å². The number of hydrogen-bond acceptors (Lipinski definition) is 5. The molecule has 2 rings (SSSR count). The van der Waals surface area contributed by atoms with E-state index in [9.17, 15) is 13.2 Å². The zero-order chi connectivity index (χ0) is 14.6. The highest BCUT2D eigenvalue weighted by molar-refractivity contribution is 8.13. The van der Waals surface area contributed by atoms with Gasteiger partial charge in [0.25, 0.3) is 15.0 Å². The van der Waals surface area contributed by atoms with Crippen LogP contribution in [0, 0.1) is 0 Å². The average molecular weight is 320 g/mol. The standard InChI is InChI=1S/C12H14ClNO5S/c13-20(16,17)11-3-1-2-10(8-11)19-9-12(15)14-4-6-18-7-5-14/h1-3,8H,4-7,9H2. The lowest BCUT2D eigenvalue weighted by Gasteiger charge is -2.26. The van der Waals surface area contributed by atoms with E-state index in [1.54, 1.807) is 11.0 Å². The second-order valence-corrected chi connectivity index (χ2v) is 6.76. The van der Waals surface area contributed by atoms with Gasteiger partial charge in [-0.1, -0.05) is 6.07 Å². The molecule has 8 heteroatoms. The SMILES string of the molecule is O=C(COc1cccc(S(=O)(=O)Cl)c1)N1CCOCC1. The van der Waals surface area contributed by atoms with E-state index in [1.165, 1.54) is 18.2 Å². The summed E-state index contributed by atoms with van der Waals surface area (Å²) in [6.45, 7) is 1.97. The Hall–Kier alpha value is -1.31. The van der Waals surface area contributed by atoms with Crippen LogP contribution in [0.5, 0.6) is 5.75 Å². The molecule has 0 N–H and O–H groups in total. The fourth-order valence-electron chi connectivity index (χ4n) is 1.76. The number of nitrogens with zero attached hydrogens (tertiary/aromatic N) is 1. The summed E-state index contributed by atoms with van der Waals surface area (Å²) in [5.74, 6) is 0.126. The van der Waals surface area contributed by atoms with E-state index in [2.05, 4.69) is 0 Å². The third-order valence-corrected chi connectivity index (χ3v) is 4.16. The molecule has 0 unspecified atom stereocenters. The lowest BCUT2D eigenvalue weighted by molar-refractivity contribution is -0.137. The summed E-state index contributed by atoms with van der Waals surface area (Å²) in [5, 5.41) is 0. The zero-order valence-electron chi connectivity index (χ0n) is 10.6. The van der Waals surface area contributed by atoms with Gasteiger partial charge in [-0.3, -0.25) is 4.79 Å². The molecule has 1 aromatic carbocycles. The predicted molar refractivity (Wildman–Crippen MR) is 72.4 cm³/mol. The van der Waals surface area contributed by atoms with Gasteiger partial charge in [0.2, 0.25) is 0 Å². The van der Waals surface area contributed by atoms with Crippen molar-refractivity contribution in [1.29, 1.82) is 0 Å². The van der Waals surface area contributed by atoms with Crippen LogP contribution in [0.2, 0.25) is 0 Å². The molecule has 6 nitrogen and oxygen atoms in total. The van der Waals surface area contributed by atoms with Gasteiger partial charge in [0, 0.05) is 29.8 Å². The number of hydrogen-bond donors (Lipinski definition) is 0. The van der Waals surface area contributed by atoms with Crippen molar-refractivity contribution < 1.29 is 22.7 Å². The van der Waals surface area contributed by atoms with Crippen molar-refractivity contribution in [3.63, 3.8) is 0 Å². The molecule has 1 heterocycles. The van der Waals surface area contributed by atoms with Crippen LogP contribution in [0.4, 0.5) is 0 Å². The van der Waals surface area contributed by atoms with Crippen molar-refractivity contribution in [1.82, 2.24) is 4.90 Å². The van der Waals surface area contributed by atoms with Crippen LogP contribution in [0.15, 0.2) is 29.2 Å². The van der Waals surface area contributed by atoms with Gasteiger partial charge in [0.15, 0.2) is 6.61 Å². The van der Waals surface area contributed by atoms with Crippen LogP contribution in [-0.2, 0) is 18.6 Å². The zero-order valence-corrected chi connectivity index (χ0v) is 12.2. The third-order valence-electron chi connectivity index (χ3n) is 2.81. The molecule has 1 saturated heterocycles. The number of rotatable bonds is 4. The van der Waals surface area contributed by atoms with E-state index < -0.39 is 9.05 Å². The molecule has 110 valence electrons. The highest BCUT2D eigenvalue weighted by atomic mass is 35.7. The summed E-state index contributed by atoms with van der Waals surface area (Å²) in [6.07, 6.45) is 0. The summed E-state index contributed by atoms with van der Waals surface area (Å²) in [7, 11) is 1.44. The molecule has 0 aromatic heterocycles. The van der Waals surface area contributed by atoms with Gasteiger partial charge in [0.05, 0.1) is 18.1 Å². The summed E-state index contributed by atoms with van der Waals surface area (Å²) in [4.78, 5) is 13.4. The first kappa shape index (κ1) is 15.1. The van der Waals surface area contributed by atoms with Crippen LogP contribution in [-0.4, -0.2) is 52.1 Å². The highest BCUT2D eigenvalue weighted by Crippen LogP contribution is 2.20. The van der Waals surface area contributed by atoms with Crippen LogP contribution in [0.25, 0.3) is 0 Å². The maximum absolute atomic E-state index is 11.9. The van der Waals surface area contributed by atoms with E-state index in [4.69, 9.17) is 20.2 Å². The maximum Gasteiger partial charge on any atom is 0.261 e. The Morgan fingerprint density at radius 3 is 2.70 bits per heavy atom. The Balaban J connectivity index is 1.95. The number of amides is 1. The smallest absolute Gasteiger partial charge is 0.261 e. The van der Waals surface area contributed by atoms with Gasteiger partial charge in [-0.2, -0.15) is 0 Å². The van der Waals surface area contributed by atoms with Crippen LogP contribution >= 0.6 is 10.7 Å². The molecular formula is C12H14ClNO5S. The monoisotopic (exact) mass is 319 g/mol. The van der Waals surface area contributed by atoms with Gasteiger partial charge in [0.1, 0.15) is 5.75 Å². The topological polar surface area (TPSA) is 72.9 Å². The Bertz CT molecular complexity index is 583. The largest absolute Gasteiger partial charge is 0.484 e. The first-order valence-electron chi connectivity index (χ1n) is 6.00. The van der Waals surface area contributed by atoms with E-state index >= 15 is 0 Å². The Kier molecular flexibility index (Phi) is 4.85. The van der Waals surface area contributed by atoms with Gasteiger partial charge < -0.3 is 14.4 Å². The van der Waals surface area contributed by atoms with Crippen LogP contribution in [0.3, 0.4) is 0 Å². The lowest BCUT2D eigenvalue weighted by Crippen LogP contribution is -2.42. The molecular weight excluding hydrogens is 306 g/mol. The fourth-order valence-corrected chi connectivity index (χ4v) is 2.55. The first-order chi connectivity index (χ1) is 9.47. The van der Waals surface area contributed by atoms with E-state index in [0.717, 1.165) is 0 Å². The molecule has 1 aromatic rings. The van der Waals surface area contributed by atoms with Crippen molar-refractivity contribution in [3.05, 3.63) is 24.3 Å². The first-order valence-corrected chi connectivity index (χ1v) is 8.31. The highest BCUT2D eigenvalue weighted by Gasteiger charge is 2.17. The molecule has 20 heavy (non-hydrogen) atoms. The Morgan fingerprint density at radius 2 is 2.05 bits per heavy atom. The quantitative estimate of drug-likeness (QED) is 0.769. The summed E-state index contributed by atoms with van der Waals surface area (Å²) in [5.41, 5.74) is 0. The minimum absolute atomic E-state index is 0.0597.